The number of likely N-dealkylation sites (tertiary alicyclic amines) is 1. The quantitative estimate of drug-likeness (QED) is 0.516. The molecule has 1 amide bonds. The van der Waals surface area contributed by atoms with E-state index in [0.29, 0.717) is 30.2 Å². The standard InChI is InChI=1S/C20H24N4O2.CH4O/c1-3-18(26)24-9-8-13(11-24)19-12(2)15(20(22)23-19)10-16(21)14-6-4-5-7-17(14)25;1-2/h3-7,10,13,23,25H,1,8-9,11,21-22H2,2H3;2H,1H3/b16-10-;/t13-;/m0./s1. The Labute approximate surface area is 165 Å². The molecular weight excluding hydrogens is 356 g/mol. The number of anilines is 1. The molecule has 0 spiro atoms. The summed E-state index contributed by atoms with van der Waals surface area (Å²) in [6, 6.07) is 6.92. The van der Waals surface area contributed by atoms with E-state index in [1.807, 2.05) is 13.0 Å². The van der Waals surface area contributed by atoms with Crippen LogP contribution in [0.2, 0.25) is 0 Å². The molecule has 1 aromatic carbocycles. The van der Waals surface area contributed by atoms with Gasteiger partial charge in [-0.3, -0.25) is 4.79 Å². The second-order valence-electron chi connectivity index (χ2n) is 6.58. The maximum atomic E-state index is 11.8. The van der Waals surface area contributed by atoms with Gasteiger partial charge in [0.1, 0.15) is 11.6 Å². The number of aromatic nitrogens is 1. The molecule has 0 aliphatic carbocycles. The predicted molar refractivity (Wildman–Crippen MR) is 112 cm³/mol. The molecule has 1 aromatic heterocycles. The summed E-state index contributed by atoms with van der Waals surface area (Å²) < 4.78 is 0. The Bertz CT molecular complexity index is 886. The average molecular weight is 384 g/mol. The van der Waals surface area contributed by atoms with E-state index in [-0.39, 0.29) is 17.6 Å². The van der Waals surface area contributed by atoms with Crippen LogP contribution in [-0.4, -0.2) is 46.2 Å². The van der Waals surface area contributed by atoms with Crippen LogP contribution in [0.3, 0.4) is 0 Å². The lowest BCUT2D eigenvalue weighted by Crippen LogP contribution is -2.26. The van der Waals surface area contributed by atoms with Crippen LogP contribution in [0.4, 0.5) is 5.82 Å². The zero-order chi connectivity index (χ0) is 20.8. The number of hydrogen-bond acceptors (Lipinski definition) is 5. The molecule has 1 aliphatic heterocycles. The highest BCUT2D eigenvalue weighted by Crippen LogP contribution is 2.34. The van der Waals surface area contributed by atoms with Crippen LogP contribution in [0.5, 0.6) is 5.75 Å². The number of phenols is 1. The van der Waals surface area contributed by atoms with Crippen LogP contribution in [-0.2, 0) is 4.79 Å². The molecule has 28 heavy (non-hydrogen) atoms. The van der Waals surface area contributed by atoms with Gasteiger partial charge in [0.15, 0.2) is 0 Å². The topological polar surface area (TPSA) is 129 Å². The zero-order valence-corrected chi connectivity index (χ0v) is 16.3. The number of nitrogen functional groups attached to an aromatic ring is 1. The van der Waals surface area contributed by atoms with Crippen LogP contribution >= 0.6 is 0 Å². The molecule has 1 aliphatic rings. The van der Waals surface area contributed by atoms with Crippen molar-refractivity contribution in [2.75, 3.05) is 25.9 Å². The zero-order valence-electron chi connectivity index (χ0n) is 16.3. The van der Waals surface area contributed by atoms with Gasteiger partial charge in [0, 0.05) is 48.6 Å². The van der Waals surface area contributed by atoms with Crippen molar-refractivity contribution in [1.29, 1.82) is 0 Å². The highest BCUT2D eigenvalue weighted by Gasteiger charge is 2.29. The number of benzene rings is 1. The Morgan fingerprint density at radius 2 is 2.04 bits per heavy atom. The normalized spacial score (nSPS) is 16.5. The first-order valence-electron chi connectivity index (χ1n) is 9.02. The number of rotatable bonds is 4. The van der Waals surface area contributed by atoms with E-state index in [0.717, 1.165) is 30.4 Å². The number of aliphatic hydroxyl groups excluding tert-OH is 1. The number of carbonyl (C=O) groups is 1. The molecule has 7 N–H and O–H groups in total. The number of aromatic hydroxyl groups is 1. The van der Waals surface area contributed by atoms with Gasteiger partial charge in [-0.05, 0) is 43.2 Å². The van der Waals surface area contributed by atoms with E-state index >= 15 is 0 Å². The first kappa shape index (κ1) is 21.1. The Morgan fingerprint density at radius 1 is 1.36 bits per heavy atom. The van der Waals surface area contributed by atoms with E-state index in [1.54, 1.807) is 29.2 Å². The molecule has 2 aromatic rings. The number of amides is 1. The summed E-state index contributed by atoms with van der Waals surface area (Å²) in [6.07, 6.45) is 4.00. The lowest BCUT2D eigenvalue weighted by molar-refractivity contribution is -0.125. The van der Waals surface area contributed by atoms with Gasteiger partial charge in [0.2, 0.25) is 5.91 Å². The maximum Gasteiger partial charge on any atom is 0.245 e. The molecule has 0 saturated carbocycles. The van der Waals surface area contributed by atoms with Gasteiger partial charge in [-0.1, -0.05) is 18.7 Å². The fourth-order valence-electron chi connectivity index (χ4n) is 3.52. The van der Waals surface area contributed by atoms with Crippen LogP contribution in [0, 0.1) is 6.92 Å². The third kappa shape index (κ3) is 4.20. The largest absolute Gasteiger partial charge is 0.507 e. The third-order valence-electron chi connectivity index (χ3n) is 4.97. The molecular formula is C21H28N4O3. The highest BCUT2D eigenvalue weighted by molar-refractivity contribution is 5.87. The molecule has 0 unspecified atom stereocenters. The molecule has 7 heteroatoms. The number of aliphatic hydroxyl groups is 1. The molecule has 1 atom stereocenters. The number of para-hydroxylation sites is 1. The third-order valence-corrected chi connectivity index (χ3v) is 4.97. The first-order chi connectivity index (χ1) is 13.4. The summed E-state index contributed by atoms with van der Waals surface area (Å²) >= 11 is 0. The molecule has 2 heterocycles. The van der Waals surface area contributed by atoms with Crippen molar-refractivity contribution < 1.29 is 15.0 Å². The Kier molecular flexibility index (Phi) is 6.89. The minimum atomic E-state index is -0.0476. The molecule has 0 bridgehead atoms. The van der Waals surface area contributed by atoms with Crippen LogP contribution in [0.1, 0.15) is 34.7 Å². The first-order valence-corrected chi connectivity index (χ1v) is 9.02. The van der Waals surface area contributed by atoms with E-state index in [1.165, 1.54) is 6.08 Å². The lowest BCUT2D eigenvalue weighted by atomic mass is 9.99. The summed E-state index contributed by atoms with van der Waals surface area (Å²) in [5.41, 5.74) is 16.2. The number of nitrogens with zero attached hydrogens (tertiary/aromatic N) is 1. The van der Waals surface area contributed by atoms with Gasteiger partial charge >= 0.3 is 0 Å². The summed E-state index contributed by atoms with van der Waals surface area (Å²) in [5, 5.41) is 17.0. The minimum absolute atomic E-state index is 0.0476. The van der Waals surface area contributed by atoms with Crippen LogP contribution in [0.15, 0.2) is 36.9 Å². The summed E-state index contributed by atoms with van der Waals surface area (Å²) in [4.78, 5) is 16.9. The van der Waals surface area contributed by atoms with Gasteiger partial charge in [-0.2, -0.15) is 0 Å². The number of hydrogen-bond donors (Lipinski definition) is 5. The average Bonchev–Trinajstić information content (AvgIpc) is 3.29. The van der Waals surface area contributed by atoms with Crippen molar-refractivity contribution in [3.63, 3.8) is 0 Å². The van der Waals surface area contributed by atoms with Crippen LogP contribution < -0.4 is 11.5 Å². The van der Waals surface area contributed by atoms with Gasteiger partial charge in [-0.25, -0.2) is 0 Å². The molecule has 7 nitrogen and oxygen atoms in total. The van der Waals surface area contributed by atoms with Crippen molar-refractivity contribution in [3.05, 3.63) is 59.3 Å². The Morgan fingerprint density at radius 3 is 2.68 bits per heavy atom. The number of carbonyl (C=O) groups excluding carboxylic acids is 1. The molecule has 1 fully saturated rings. The number of aromatic amines is 1. The summed E-state index contributed by atoms with van der Waals surface area (Å²) in [5.74, 6) is 0.815. The fraction of sp³-hybridized carbons (Fsp3) is 0.286. The van der Waals surface area contributed by atoms with Crippen molar-refractivity contribution in [1.82, 2.24) is 9.88 Å². The molecule has 3 rings (SSSR count). The second kappa shape index (κ2) is 9.14. The van der Waals surface area contributed by atoms with Gasteiger partial charge in [0.05, 0.1) is 0 Å². The van der Waals surface area contributed by atoms with Gasteiger partial charge in [0.25, 0.3) is 0 Å². The van der Waals surface area contributed by atoms with E-state index < -0.39 is 0 Å². The summed E-state index contributed by atoms with van der Waals surface area (Å²) in [6.45, 7) is 6.89. The maximum absolute atomic E-state index is 11.8. The van der Waals surface area contributed by atoms with E-state index in [9.17, 15) is 9.90 Å². The molecule has 0 radical (unpaired) electrons. The molecule has 1 saturated heterocycles. The minimum Gasteiger partial charge on any atom is -0.507 e. The van der Waals surface area contributed by atoms with Gasteiger partial charge in [-0.15, -0.1) is 0 Å². The SMILES string of the molecule is C=CC(=O)N1CC[C@H](c2[nH]c(N)c(/C=C(\N)c3ccccc3O)c2C)C1.CO. The Hall–Kier alpha value is -3.19. The smallest absolute Gasteiger partial charge is 0.245 e. The van der Waals surface area contributed by atoms with Crippen molar-refractivity contribution in [2.24, 2.45) is 5.73 Å². The fourth-order valence-corrected chi connectivity index (χ4v) is 3.52. The highest BCUT2D eigenvalue weighted by atomic mass is 16.3. The van der Waals surface area contributed by atoms with Gasteiger partial charge < -0.3 is 31.6 Å². The lowest BCUT2D eigenvalue weighted by Gasteiger charge is -2.14. The summed E-state index contributed by atoms with van der Waals surface area (Å²) in [7, 11) is 1.00. The van der Waals surface area contributed by atoms with Crippen molar-refractivity contribution in [2.45, 2.75) is 19.3 Å². The number of H-pyrrole nitrogens is 1. The Balaban J connectivity index is 0.00000136. The predicted octanol–water partition coefficient (Wildman–Crippen LogP) is 2.18. The van der Waals surface area contributed by atoms with Crippen molar-refractivity contribution in [3.8, 4) is 5.75 Å². The number of nitrogens with one attached hydrogen (secondary N) is 1. The van der Waals surface area contributed by atoms with E-state index in [2.05, 4.69) is 11.6 Å². The van der Waals surface area contributed by atoms with E-state index in [4.69, 9.17) is 16.6 Å². The monoisotopic (exact) mass is 384 g/mol. The second-order valence-corrected chi connectivity index (χ2v) is 6.58. The number of nitrogens with two attached hydrogens (primary N) is 2. The number of phenolic OH excluding ortho intramolecular Hbond substituents is 1. The van der Waals surface area contributed by atoms with Crippen LogP contribution in [0.25, 0.3) is 11.8 Å². The molecule has 150 valence electrons. The van der Waals surface area contributed by atoms with Crippen molar-refractivity contribution >= 4 is 23.5 Å².